The van der Waals surface area contributed by atoms with Gasteiger partial charge in [-0.15, -0.1) is 0 Å². The number of esters is 1. The molecule has 8 heteroatoms. The van der Waals surface area contributed by atoms with Crippen molar-refractivity contribution in [3.8, 4) is 0 Å². The Kier molecular flexibility index (Phi) is 6.86. The van der Waals surface area contributed by atoms with Crippen LogP contribution in [0.1, 0.15) is 13.8 Å². The topological polar surface area (TPSA) is 63.7 Å². The second kappa shape index (κ2) is 8.50. The molecule has 0 bridgehead atoms. The monoisotopic (exact) mass is 537 g/mol. The molecule has 0 N–H and O–H groups in total. The van der Waals surface area contributed by atoms with E-state index in [1.165, 1.54) is 12.1 Å². The smallest absolute Gasteiger partial charge is 0.327 e. The number of carbonyl (C=O) groups excluding carboxylic acids is 1. The van der Waals surface area contributed by atoms with Crippen molar-refractivity contribution in [1.82, 2.24) is 0 Å². The van der Waals surface area contributed by atoms with Crippen LogP contribution >= 0.6 is 38.5 Å². The molecule has 25 heavy (non-hydrogen) atoms. The van der Waals surface area contributed by atoms with E-state index in [2.05, 4.69) is 38.5 Å². The van der Waals surface area contributed by atoms with Crippen LogP contribution in [0.25, 0.3) is 0 Å². The number of carbonyl (C=O) groups is 1. The van der Waals surface area contributed by atoms with E-state index in [1.807, 2.05) is 0 Å². The van der Waals surface area contributed by atoms with Crippen molar-refractivity contribution >= 4 is 60.2 Å². The largest absolute Gasteiger partial charge is 0.462 e. The van der Waals surface area contributed by atoms with E-state index in [1.54, 1.807) is 50.2 Å². The summed E-state index contributed by atoms with van der Waals surface area (Å²) in [5.74, 6) is -0.603. The van der Waals surface area contributed by atoms with Gasteiger partial charge in [0.15, 0.2) is 0 Å². The van der Waals surface area contributed by atoms with Crippen LogP contribution in [0.5, 0.6) is 0 Å². The molecule has 0 aliphatic rings. The Morgan fingerprint density at radius 3 is 2.20 bits per heavy atom. The van der Waals surface area contributed by atoms with Crippen LogP contribution in [0.4, 0.5) is 5.69 Å². The van der Waals surface area contributed by atoms with E-state index in [0.717, 1.165) is 12.3 Å². The molecule has 0 fully saturated rings. The fourth-order valence-electron chi connectivity index (χ4n) is 2.07. The van der Waals surface area contributed by atoms with Crippen LogP contribution in [0.3, 0.4) is 0 Å². The van der Waals surface area contributed by atoms with Gasteiger partial charge in [0.05, 0.1) is 16.7 Å². The molecular weight excluding hydrogens is 521 g/mol. The molecular formula is C17H17BrINO4S. The molecule has 2 aromatic carbocycles. The van der Waals surface area contributed by atoms with Gasteiger partial charge in [0.25, 0.3) is 10.0 Å². The zero-order valence-electron chi connectivity index (χ0n) is 13.6. The molecule has 0 aromatic heterocycles. The summed E-state index contributed by atoms with van der Waals surface area (Å²) in [5, 5.41) is 0. The third-order valence-electron chi connectivity index (χ3n) is 3.16. The lowest BCUT2D eigenvalue weighted by atomic mass is 10.3. The molecule has 2 aromatic rings. The summed E-state index contributed by atoms with van der Waals surface area (Å²) in [5.41, 5.74) is 0.407. The van der Waals surface area contributed by atoms with Gasteiger partial charge in [-0.3, -0.25) is 9.10 Å². The summed E-state index contributed by atoms with van der Waals surface area (Å²) in [6, 6.07) is 13.2. The molecule has 0 saturated heterocycles. The number of hydrogen-bond donors (Lipinski definition) is 0. The number of hydrogen-bond acceptors (Lipinski definition) is 4. The molecule has 0 spiro atoms. The lowest BCUT2D eigenvalue weighted by Crippen LogP contribution is -2.37. The van der Waals surface area contributed by atoms with E-state index < -0.39 is 22.5 Å². The standard InChI is InChI=1S/C17H17BrINO4S/c1-12(2)24-17(21)11-20(15-7-5-14(19)6-8-15)25(22,23)16-9-3-13(18)4-10-16/h3-10,12H,11H2,1-2H3. The Morgan fingerprint density at radius 2 is 1.68 bits per heavy atom. The zero-order chi connectivity index (χ0) is 18.6. The van der Waals surface area contributed by atoms with Crippen molar-refractivity contribution in [3.05, 3.63) is 56.6 Å². The van der Waals surface area contributed by atoms with Crippen LogP contribution in [0.2, 0.25) is 0 Å². The molecule has 0 radical (unpaired) electrons. The van der Waals surface area contributed by atoms with Crippen LogP contribution in [0.15, 0.2) is 57.9 Å². The van der Waals surface area contributed by atoms with Gasteiger partial charge < -0.3 is 4.74 Å². The summed E-state index contributed by atoms with van der Waals surface area (Å²) in [7, 11) is -3.91. The highest BCUT2D eigenvalue weighted by atomic mass is 127. The fourth-order valence-corrected chi connectivity index (χ4v) is 4.11. The number of halogens is 2. The highest BCUT2D eigenvalue weighted by molar-refractivity contribution is 14.1. The first-order valence-electron chi connectivity index (χ1n) is 7.43. The first-order chi connectivity index (χ1) is 11.7. The first kappa shape index (κ1) is 20.2. The van der Waals surface area contributed by atoms with Gasteiger partial charge in [0.2, 0.25) is 0 Å². The van der Waals surface area contributed by atoms with E-state index >= 15 is 0 Å². The second-order valence-corrected chi connectivity index (χ2v) is 9.50. The lowest BCUT2D eigenvalue weighted by molar-refractivity contribution is -0.145. The van der Waals surface area contributed by atoms with E-state index in [4.69, 9.17) is 4.74 Å². The number of rotatable bonds is 6. The van der Waals surface area contributed by atoms with Crippen LogP contribution in [0, 0.1) is 3.57 Å². The Hall–Kier alpha value is -1.13. The maximum Gasteiger partial charge on any atom is 0.327 e. The van der Waals surface area contributed by atoms with Crippen LogP contribution in [-0.4, -0.2) is 27.0 Å². The van der Waals surface area contributed by atoms with Crippen LogP contribution in [-0.2, 0) is 19.6 Å². The summed E-state index contributed by atoms with van der Waals surface area (Å²) in [6.45, 7) is 3.05. The maximum absolute atomic E-state index is 13.1. The molecule has 0 saturated carbocycles. The second-order valence-electron chi connectivity index (χ2n) is 5.48. The summed E-state index contributed by atoms with van der Waals surface area (Å²) in [6.07, 6.45) is -0.318. The highest BCUT2D eigenvalue weighted by Gasteiger charge is 2.28. The van der Waals surface area contributed by atoms with Crippen LogP contribution < -0.4 is 4.31 Å². The number of ether oxygens (including phenoxy) is 1. The normalized spacial score (nSPS) is 11.4. The van der Waals surface area contributed by atoms with Gasteiger partial charge in [0.1, 0.15) is 6.54 Å². The molecule has 0 unspecified atom stereocenters. The Balaban J connectivity index is 2.44. The van der Waals surface area contributed by atoms with Gasteiger partial charge in [0, 0.05) is 8.04 Å². The van der Waals surface area contributed by atoms with E-state index in [9.17, 15) is 13.2 Å². The highest BCUT2D eigenvalue weighted by Crippen LogP contribution is 2.25. The Labute approximate surface area is 169 Å². The van der Waals surface area contributed by atoms with E-state index in [-0.39, 0.29) is 11.0 Å². The molecule has 134 valence electrons. The van der Waals surface area contributed by atoms with Gasteiger partial charge in [-0.25, -0.2) is 8.42 Å². The molecule has 0 aliphatic heterocycles. The zero-order valence-corrected chi connectivity index (χ0v) is 18.2. The van der Waals surface area contributed by atoms with Crippen molar-refractivity contribution < 1.29 is 17.9 Å². The molecule has 2 rings (SSSR count). The summed E-state index contributed by atoms with van der Waals surface area (Å²) < 4.78 is 34.0. The average Bonchev–Trinajstić information content (AvgIpc) is 2.53. The fraction of sp³-hybridized carbons (Fsp3) is 0.235. The van der Waals surface area contributed by atoms with Gasteiger partial charge in [-0.2, -0.15) is 0 Å². The summed E-state index contributed by atoms with van der Waals surface area (Å²) in [4.78, 5) is 12.2. The third kappa shape index (κ3) is 5.42. The maximum atomic E-state index is 13.1. The average molecular weight is 538 g/mol. The third-order valence-corrected chi connectivity index (χ3v) is 6.19. The predicted molar refractivity (Wildman–Crippen MR) is 109 cm³/mol. The molecule has 0 heterocycles. The molecule has 0 amide bonds. The number of sulfonamides is 1. The van der Waals surface area contributed by atoms with E-state index in [0.29, 0.717) is 5.69 Å². The number of anilines is 1. The minimum atomic E-state index is -3.91. The number of benzene rings is 2. The van der Waals surface area contributed by atoms with Crippen molar-refractivity contribution in [3.63, 3.8) is 0 Å². The first-order valence-corrected chi connectivity index (χ1v) is 10.7. The minimum Gasteiger partial charge on any atom is -0.462 e. The van der Waals surface area contributed by atoms with Gasteiger partial charge in [-0.1, -0.05) is 15.9 Å². The quantitative estimate of drug-likeness (QED) is 0.409. The summed E-state index contributed by atoms with van der Waals surface area (Å²) >= 11 is 5.42. The SMILES string of the molecule is CC(C)OC(=O)CN(c1ccc(I)cc1)S(=O)(=O)c1ccc(Br)cc1. The van der Waals surface area contributed by atoms with Gasteiger partial charge in [-0.05, 0) is 85.0 Å². The van der Waals surface area contributed by atoms with Gasteiger partial charge >= 0.3 is 5.97 Å². The van der Waals surface area contributed by atoms with Crippen molar-refractivity contribution in [2.24, 2.45) is 0 Å². The van der Waals surface area contributed by atoms with Crippen molar-refractivity contribution in [2.75, 3.05) is 10.8 Å². The molecule has 0 aliphatic carbocycles. The Bertz CT molecular complexity index is 836. The van der Waals surface area contributed by atoms with Crippen molar-refractivity contribution in [2.45, 2.75) is 24.8 Å². The minimum absolute atomic E-state index is 0.103. The Morgan fingerprint density at radius 1 is 1.12 bits per heavy atom. The molecule has 5 nitrogen and oxygen atoms in total. The lowest BCUT2D eigenvalue weighted by Gasteiger charge is -2.24. The number of nitrogens with zero attached hydrogens (tertiary/aromatic N) is 1. The van der Waals surface area contributed by atoms with Crippen molar-refractivity contribution in [1.29, 1.82) is 0 Å². The molecule has 0 atom stereocenters. The predicted octanol–water partition coefficient (Wildman–Crippen LogP) is 4.20.